The van der Waals surface area contributed by atoms with Crippen molar-refractivity contribution < 1.29 is 45.5 Å². The van der Waals surface area contributed by atoms with Crippen molar-refractivity contribution in [2.75, 3.05) is 43.2 Å². The lowest BCUT2D eigenvalue weighted by atomic mass is 9.94. The van der Waals surface area contributed by atoms with Gasteiger partial charge < -0.3 is 25.1 Å². The van der Waals surface area contributed by atoms with E-state index in [1.807, 2.05) is 96.7 Å². The van der Waals surface area contributed by atoms with E-state index in [2.05, 4.69) is 15.6 Å². The monoisotopic (exact) mass is 1120 g/mol. The number of carboxylic acids is 1. The van der Waals surface area contributed by atoms with Crippen molar-refractivity contribution in [1.82, 2.24) is 34.4 Å². The van der Waals surface area contributed by atoms with E-state index in [4.69, 9.17) is 27.6 Å². The molecule has 4 aliphatic heterocycles. The van der Waals surface area contributed by atoms with Crippen LogP contribution in [0.2, 0.25) is 10.0 Å². The number of sulfonamides is 1. The Morgan fingerprint density at radius 3 is 2.04 bits per heavy atom. The number of nitrogens with one attached hydrogen (secondary N) is 1. The number of carbonyl (C=O) groups is 4. The van der Waals surface area contributed by atoms with Gasteiger partial charge in [0.05, 0.1) is 79.8 Å². The Morgan fingerprint density at radius 2 is 1.47 bits per heavy atom. The number of rotatable bonds is 14. The molecule has 76 heavy (non-hydrogen) atoms. The number of halogens is 2. The number of sulfone groups is 1. The van der Waals surface area contributed by atoms with Crippen molar-refractivity contribution in [3.8, 4) is 11.1 Å². The average molecular weight is 1120 g/mol. The summed E-state index contributed by atoms with van der Waals surface area (Å²) in [5, 5.41) is 21.0. The van der Waals surface area contributed by atoms with Crippen molar-refractivity contribution in [3.05, 3.63) is 143 Å². The minimum Gasteiger partial charge on any atom is -0.477 e. The highest BCUT2D eigenvalue weighted by atomic mass is 35.5. The molecule has 0 bridgehead atoms. The number of amides is 3. The van der Waals surface area contributed by atoms with E-state index in [0.29, 0.717) is 43.1 Å². The molecule has 19 nitrogen and oxygen atoms in total. The number of para-hydroxylation sites is 2. The number of anilines is 4. The van der Waals surface area contributed by atoms with Gasteiger partial charge in [0.25, 0.3) is 5.91 Å². The van der Waals surface area contributed by atoms with Crippen molar-refractivity contribution >= 4 is 123 Å². The molecule has 0 radical (unpaired) electrons. The van der Waals surface area contributed by atoms with Gasteiger partial charge in [-0.1, -0.05) is 70.9 Å². The Bertz CT molecular complexity index is 3780. The molecule has 7 aromatic rings. The quantitative estimate of drug-likeness (QED) is 0.0627. The molecule has 4 aliphatic rings. The highest BCUT2D eigenvalue weighted by Gasteiger charge is 2.70. The summed E-state index contributed by atoms with van der Waals surface area (Å²) in [7, 11) is -3.52. The van der Waals surface area contributed by atoms with Crippen molar-refractivity contribution in [2.24, 2.45) is 0 Å². The molecule has 5 aromatic carbocycles. The highest BCUT2D eigenvalue weighted by molar-refractivity contribution is 8.00. The normalized spacial score (nSPS) is 21.8. The predicted molar refractivity (Wildman–Crippen MR) is 288 cm³/mol. The standard InChI is InChI=1S/C52H45Cl2N9O10S3/c1-52(28-61-22-21-55-57-61)47(62-42(64)25-43(62)75(52,69)70)48(65)56-45-49(66)63-46(51(67)68)29(27-74-50(45)63)26-58(2)76(71,72)41-16-10-5-11-34(41)44-32-19-17-30(59(3)37-14-8-6-12-35(37)53)23-39(32)73-40-24-31(18-20-33(40)44)60(4)38-15-9-7-13-36(38)54/h5-24,43,45,47,50H,25-28H2,1-4H3,(H-,56,65,67,68)/p+1/t43-,45-,47+,50?,52-/m1/s1. The van der Waals surface area contributed by atoms with Gasteiger partial charge in [0.2, 0.25) is 21.8 Å². The smallest absolute Gasteiger partial charge is 0.363 e. The van der Waals surface area contributed by atoms with Crippen LogP contribution in [-0.2, 0) is 45.6 Å². The number of benzene rings is 5. The van der Waals surface area contributed by atoms with Gasteiger partial charge in [-0.15, -0.1) is 16.9 Å². The number of carboxylic acid groups (broad SMARTS) is 1. The Balaban J connectivity index is 0.916. The van der Waals surface area contributed by atoms with Crippen molar-refractivity contribution in [3.63, 3.8) is 0 Å². The zero-order chi connectivity index (χ0) is 53.7. The number of β-lactam (4-membered cyclic amide) rings is 2. The molecule has 3 amide bonds. The second-order valence-electron chi connectivity index (χ2n) is 19.1. The van der Waals surface area contributed by atoms with Crippen LogP contribution in [0.25, 0.3) is 33.1 Å². The largest absolute Gasteiger partial charge is 0.477 e. The van der Waals surface area contributed by atoms with Crippen LogP contribution in [0.5, 0.6) is 0 Å². The van der Waals surface area contributed by atoms with Crippen LogP contribution in [0.3, 0.4) is 0 Å². The Kier molecular flexibility index (Phi) is 12.7. The maximum Gasteiger partial charge on any atom is 0.363 e. The second-order valence-corrected chi connectivity index (χ2v) is 25.6. The number of nitrogens with zero attached hydrogens (tertiary/aromatic N) is 8. The number of hydrogen-bond donors (Lipinski definition) is 2. The third kappa shape index (κ3) is 8.06. The fraction of sp³-hybridized carbons (Fsp3) is 0.250. The SMILES string of the molecule is CN(c1ccc2c(-c3ccccc3S(=O)(=O)N(C)CC3=C(C(=O)O)N4C(=O)[C@@H](NC(=O)[C@@H]5N6C(=O)C[C@H]6S(=O)(=O)[C@]5(C)Cn5ccnn5)C4SC3)c3ccc(N(C)c4ccccc4Cl)cc3[o+]c2c1)c1ccccc1Cl. The number of likely N-dealkylation sites (N-methyl/N-ethyl adjacent to an activating group) is 1. The van der Waals surface area contributed by atoms with E-state index in [-0.39, 0.29) is 29.2 Å². The van der Waals surface area contributed by atoms with Crippen LogP contribution >= 0.6 is 35.0 Å². The fourth-order valence-electron chi connectivity index (χ4n) is 10.7. The van der Waals surface area contributed by atoms with Crippen LogP contribution in [0.4, 0.5) is 22.7 Å². The number of fused-ring (bicyclic) bond motifs is 4. The highest BCUT2D eigenvalue weighted by Crippen LogP contribution is 2.49. The topological polar surface area (TPSA) is 227 Å². The van der Waals surface area contributed by atoms with E-state index in [9.17, 15) is 32.7 Å². The molecule has 6 heterocycles. The summed E-state index contributed by atoms with van der Waals surface area (Å²) in [6.07, 6.45) is 2.47. The summed E-state index contributed by atoms with van der Waals surface area (Å²) in [4.78, 5) is 59.9. The maximum atomic E-state index is 15.1. The lowest BCUT2D eigenvalue weighted by molar-refractivity contribution is -0.154. The Morgan fingerprint density at radius 1 is 0.882 bits per heavy atom. The minimum atomic E-state index is -4.47. The minimum absolute atomic E-state index is 0.0517. The van der Waals surface area contributed by atoms with Crippen LogP contribution in [0, 0.1) is 0 Å². The van der Waals surface area contributed by atoms with Gasteiger partial charge in [0.15, 0.2) is 9.84 Å². The van der Waals surface area contributed by atoms with Crippen LogP contribution in [-0.4, -0.2) is 136 Å². The van der Waals surface area contributed by atoms with Gasteiger partial charge in [0, 0.05) is 50.8 Å². The van der Waals surface area contributed by atoms with E-state index < -0.39 is 83.4 Å². The predicted octanol–water partition coefficient (Wildman–Crippen LogP) is 7.14. The van der Waals surface area contributed by atoms with Crippen LogP contribution in [0.15, 0.2) is 142 Å². The van der Waals surface area contributed by atoms with Crippen molar-refractivity contribution in [1.29, 1.82) is 0 Å². The molecule has 2 N–H and O–H groups in total. The molecule has 0 spiro atoms. The van der Waals surface area contributed by atoms with Gasteiger partial charge in [-0.3, -0.25) is 24.0 Å². The molecule has 390 valence electrons. The molecule has 0 aliphatic carbocycles. The first-order chi connectivity index (χ1) is 36.2. The summed E-state index contributed by atoms with van der Waals surface area (Å²) in [5.41, 5.74) is 4.38. The molecule has 0 saturated carbocycles. The average Bonchev–Trinajstić information content (AvgIpc) is 4.16. The van der Waals surface area contributed by atoms with E-state index in [1.54, 1.807) is 30.3 Å². The van der Waals surface area contributed by atoms with Crippen LogP contribution < -0.4 is 15.1 Å². The molecule has 1 unspecified atom stereocenters. The lowest BCUT2D eigenvalue weighted by Crippen LogP contribution is -2.73. The summed E-state index contributed by atoms with van der Waals surface area (Å²) < 4.78 is 65.0. The third-order valence-corrected chi connectivity index (χ3v) is 21.3. The zero-order valence-corrected chi connectivity index (χ0v) is 44.8. The van der Waals surface area contributed by atoms with Gasteiger partial charge in [-0.05, 0) is 67.1 Å². The molecule has 5 atom stereocenters. The molecule has 24 heteroatoms. The number of thioether (sulfide) groups is 1. The molecular weight excluding hydrogens is 1080 g/mol. The lowest BCUT2D eigenvalue weighted by Gasteiger charge is -2.50. The van der Waals surface area contributed by atoms with Gasteiger partial charge in [-0.2, -0.15) is 4.31 Å². The first-order valence-electron chi connectivity index (χ1n) is 23.7. The summed E-state index contributed by atoms with van der Waals surface area (Å²) in [5.74, 6) is -3.81. The molecule has 2 aromatic heterocycles. The van der Waals surface area contributed by atoms with Crippen molar-refractivity contribution in [2.45, 2.75) is 52.4 Å². The van der Waals surface area contributed by atoms with E-state index in [0.717, 1.165) is 48.6 Å². The molecule has 11 rings (SSSR count). The van der Waals surface area contributed by atoms with E-state index in [1.165, 1.54) is 37.1 Å². The number of aromatic nitrogens is 3. The fourth-order valence-corrected chi connectivity index (χ4v) is 16.3. The summed E-state index contributed by atoms with van der Waals surface area (Å²) in [6, 6.07) is 29.7. The second kappa shape index (κ2) is 18.9. The first-order valence-corrected chi connectivity index (χ1v) is 28.5. The number of aliphatic carboxylic acids is 1. The molecular formula is C52H46Cl2N9O10S3+. The molecule has 3 saturated heterocycles. The van der Waals surface area contributed by atoms with E-state index >= 15 is 8.42 Å². The van der Waals surface area contributed by atoms with Gasteiger partial charge in [-0.25, -0.2) is 26.0 Å². The van der Waals surface area contributed by atoms with Crippen LogP contribution in [0.1, 0.15) is 13.3 Å². The number of carbonyl (C=O) groups excluding carboxylic acids is 3. The third-order valence-electron chi connectivity index (χ3n) is 14.7. The summed E-state index contributed by atoms with van der Waals surface area (Å²) in [6.45, 7) is 0.607. The number of hydrogen-bond acceptors (Lipinski definition) is 13. The van der Waals surface area contributed by atoms with Gasteiger partial charge >= 0.3 is 17.1 Å². The maximum absolute atomic E-state index is 15.1. The van der Waals surface area contributed by atoms with Gasteiger partial charge in [0.1, 0.15) is 33.3 Å². The first kappa shape index (κ1) is 51.0. The summed E-state index contributed by atoms with van der Waals surface area (Å²) >= 11 is 14.4. The molecule has 3 fully saturated rings. The Hall–Kier alpha value is -7.08. The Labute approximate surface area is 450 Å². The zero-order valence-electron chi connectivity index (χ0n) is 40.9.